The fraction of sp³-hybridized carbons (Fsp3) is 0.400. The molecule has 4 heteroatoms. The molecule has 1 aliphatic heterocycles. The molecule has 0 aliphatic carbocycles. The van der Waals surface area contributed by atoms with Crippen LogP contribution in [-0.2, 0) is 0 Å². The molecule has 0 aromatic rings. The fourth-order valence-corrected chi connectivity index (χ4v) is 1.23. The first-order valence-corrected chi connectivity index (χ1v) is 3.23. The van der Waals surface area contributed by atoms with Gasteiger partial charge in [-0.25, -0.2) is 0 Å². The van der Waals surface area contributed by atoms with Gasteiger partial charge in [-0.15, -0.1) is 0 Å². The molecular weight excluding hydrogens is 133 g/mol. The molecule has 1 heterocycles. The van der Waals surface area contributed by atoms with Gasteiger partial charge < -0.3 is 11.1 Å². The number of nitrogens with two attached hydrogens (primary N) is 1. The molecule has 0 spiro atoms. The average Bonchev–Trinajstić information content (AvgIpc) is 2.10. The standard InChI is InChI=1S/C5H10N3P/c6-1-4-2-8(9)3-5(4)7/h1,6H,2-3,7,9H2. The van der Waals surface area contributed by atoms with E-state index in [1.54, 1.807) is 0 Å². The SMILES string of the molecule is N=CC1=C(N)CN(P)C1. The Kier molecular flexibility index (Phi) is 1.84. The molecular formula is C5H10N3P. The number of nitrogens with zero attached hydrogens (tertiary/aromatic N) is 1. The van der Waals surface area contributed by atoms with E-state index in [0.29, 0.717) is 0 Å². The van der Waals surface area contributed by atoms with Crippen molar-refractivity contribution in [1.29, 1.82) is 5.41 Å². The molecule has 0 bridgehead atoms. The summed E-state index contributed by atoms with van der Waals surface area (Å²) >= 11 is 0. The van der Waals surface area contributed by atoms with Gasteiger partial charge in [0.05, 0.1) is 0 Å². The first-order valence-electron chi connectivity index (χ1n) is 2.71. The van der Waals surface area contributed by atoms with Crippen LogP contribution in [0.1, 0.15) is 0 Å². The quantitative estimate of drug-likeness (QED) is 0.399. The Balaban J connectivity index is 2.69. The van der Waals surface area contributed by atoms with E-state index in [9.17, 15) is 0 Å². The maximum absolute atomic E-state index is 6.92. The summed E-state index contributed by atoms with van der Waals surface area (Å²) in [6.07, 6.45) is 1.32. The highest BCUT2D eigenvalue weighted by Crippen LogP contribution is 2.14. The van der Waals surface area contributed by atoms with Gasteiger partial charge in [-0.05, 0) is 0 Å². The average molecular weight is 143 g/mol. The van der Waals surface area contributed by atoms with Crippen molar-refractivity contribution in [3.8, 4) is 0 Å². The van der Waals surface area contributed by atoms with Crippen LogP contribution < -0.4 is 5.73 Å². The molecule has 0 aromatic heterocycles. The zero-order valence-corrected chi connectivity index (χ0v) is 6.25. The van der Waals surface area contributed by atoms with Crippen molar-refractivity contribution in [1.82, 2.24) is 4.67 Å². The van der Waals surface area contributed by atoms with Crippen molar-refractivity contribution in [2.45, 2.75) is 0 Å². The number of hydrogen-bond acceptors (Lipinski definition) is 3. The maximum atomic E-state index is 6.92. The topological polar surface area (TPSA) is 53.1 Å². The maximum Gasteiger partial charge on any atom is 0.0421 e. The first kappa shape index (κ1) is 6.72. The second-order valence-electron chi connectivity index (χ2n) is 2.10. The van der Waals surface area contributed by atoms with Crippen LogP contribution in [0.25, 0.3) is 0 Å². The molecule has 50 valence electrons. The normalized spacial score (nSPS) is 21.0. The minimum atomic E-state index is 0.773. The third-order valence-corrected chi connectivity index (χ3v) is 1.70. The first-order chi connectivity index (χ1) is 4.24. The Morgan fingerprint density at radius 2 is 2.33 bits per heavy atom. The van der Waals surface area contributed by atoms with Crippen molar-refractivity contribution in [2.75, 3.05) is 13.1 Å². The van der Waals surface area contributed by atoms with Gasteiger partial charge in [-0.1, -0.05) is 9.39 Å². The highest BCUT2D eigenvalue weighted by Gasteiger charge is 2.13. The molecule has 0 amide bonds. The summed E-state index contributed by atoms with van der Waals surface area (Å²) in [6.45, 7) is 1.56. The Labute approximate surface area is 56.7 Å². The zero-order valence-electron chi connectivity index (χ0n) is 5.09. The largest absolute Gasteiger partial charge is 0.401 e. The Hall–Kier alpha value is -0.400. The van der Waals surface area contributed by atoms with E-state index in [-0.39, 0.29) is 0 Å². The van der Waals surface area contributed by atoms with E-state index in [1.807, 2.05) is 4.67 Å². The molecule has 1 unspecified atom stereocenters. The van der Waals surface area contributed by atoms with Gasteiger partial charge in [0.15, 0.2) is 0 Å². The lowest BCUT2D eigenvalue weighted by Crippen LogP contribution is -2.09. The highest BCUT2D eigenvalue weighted by molar-refractivity contribution is 7.13. The summed E-state index contributed by atoms with van der Waals surface area (Å²) in [5.41, 5.74) is 7.31. The van der Waals surface area contributed by atoms with Gasteiger partial charge >= 0.3 is 0 Å². The molecule has 1 rings (SSSR count). The second-order valence-corrected chi connectivity index (χ2v) is 2.83. The predicted molar refractivity (Wildman–Crippen MR) is 41.3 cm³/mol. The second kappa shape index (κ2) is 2.46. The van der Waals surface area contributed by atoms with E-state index in [2.05, 4.69) is 9.39 Å². The third-order valence-electron chi connectivity index (χ3n) is 1.33. The predicted octanol–water partition coefficient (Wildman–Crippen LogP) is -0.0455. The lowest BCUT2D eigenvalue weighted by atomic mass is 10.3. The summed E-state index contributed by atoms with van der Waals surface area (Å²) in [7, 11) is 2.56. The van der Waals surface area contributed by atoms with Gasteiger partial charge in [0.2, 0.25) is 0 Å². The monoisotopic (exact) mass is 143 g/mol. The van der Waals surface area contributed by atoms with E-state index in [1.165, 1.54) is 6.21 Å². The summed E-state index contributed by atoms with van der Waals surface area (Å²) in [4.78, 5) is 0. The minimum Gasteiger partial charge on any atom is -0.401 e. The number of hydrogen-bond donors (Lipinski definition) is 2. The molecule has 0 radical (unpaired) electrons. The minimum absolute atomic E-state index is 0.773. The zero-order chi connectivity index (χ0) is 6.85. The molecule has 0 fully saturated rings. The van der Waals surface area contributed by atoms with Crippen LogP contribution in [-0.4, -0.2) is 24.0 Å². The van der Waals surface area contributed by atoms with Crippen molar-refractivity contribution < 1.29 is 0 Å². The van der Waals surface area contributed by atoms with Gasteiger partial charge in [-0.2, -0.15) is 0 Å². The lowest BCUT2D eigenvalue weighted by Gasteiger charge is -2.03. The molecule has 3 N–H and O–H groups in total. The Bertz CT molecular complexity index is 164. The van der Waals surface area contributed by atoms with Crippen molar-refractivity contribution >= 4 is 15.6 Å². The molecule has 0 saturated carbocycles. The molecule has 1 aliphatic rings. The third kappa shape index (κ3) is 1.29. The van der Waals surface area contributed by atoms with E-state index in [0.717, 1.165) is 24.4 Å². The number of nitrogens with one attached hydrogen (secondary N) is 1. The fourth-order valence-electron chi connectivity index (χ4n) is 0.835. The van der Waals surface area contributed by atoms with Crippen molar-refractivity contribution in [3.05, 3.63) is 11.3 Å². The molecule has 3 nitrogen and oxygen atoms in total. The van der Waals surface area contributed by atoms with Gasteiger partial charge in [0.25, 0.3) is 0 Å². The smallest absolute Gasteiger partial charge is 0.0421 e. The molecule has 0 aromatic carbocycles. The van der Waals surface area contributed by atoms with E-state index >= 15 is 0 Å². The molecule has 0 saturated heterocycles. The van der Waals surface area contributed by atoms with Crippen molar-refractivity contribution in [2.24, 2.45) is 5.73 Å². The van der Waals surface area contributed by atoms with Crippen LogP contribution in [0.2, 0.25) is 0 Å². The summed E-state index contributed by atoms with van der Waals surface area (Å²) < 4.78 is 2.00. The van der Waals surface area contributed by atoms with Gasteiger partial charge in [-0.3, -0.25) is 4.67 Å². The van der Waals surface area contributed by atoms with Crippen LogP contribution in [0.4, 0.5) is 0 Å². The summed E-state index contributed by atoms with van der Waals surface area (Å²) in [5.74, 6) is 0. The van der Waals surface area contributed by atoms with Crippen LogP contribution in [0.3, 0.4) is 0 Å². The van der Waals surface area contributed by atoms with Crippen molar-refractivity contribution in [3.63, 3.8) is 0 Å². The Morgan fingerprint density at radius 1 is 1.67 bits per heavy atom. The Morgan fingerprint density at radius 3 is 2.56 bits per heavy atom. The van der Waals surface area contributed by atoms with E-state index in [4.69, 9.17) is 11.1 Å². The van der Waals surface area contributed by atoms with Gasteiger partial charge in [0.1, 0.15) is 0 Å². The molecule has 1 atom stereocenters. The van der Waals surface area contributed by atoms with Crippen LogP contribution >= 0.6 is 9.39 Å². The van der Waals surface area contributed by atoms with Crippen LogP contribution in [0, 0.1) is 5.41 Å². The van der Waals surface area contributed by atoms with Gasteiger partial charge in [0, 0.05) is 30.6 Å². The number of rotatable bonds is 1. The highest BCUT2D eigenvalue weighted by atomic mass is 31.0. The summed E-state index contributed by atoms with van der Waals surface area (Å²) in [5, 5.41) is 6.92. The molecule has 9 heavy (non-hydrogen) atoms. The van der Waals surface area contributed by atoms with Crippen LogP contribution in [0.5, 0.6) is 0 Å². The summed E-state index contributed by atoms with van der Waals surface area (Å²) in [6, 6.07) is 0. The van der Waals surface area contributed by atoms with Crippen LogP contribution in [0.15, 0.2) is 11.3 Å². The lowest BCUT2D eigenvalue weighted by molar-refractivity contribution is 0.596. The van der Waals surface area contributed by atoms with E-state index < -0.39 is 0 Å².